The van der Waals surface area contributed by atoms with Crippen molar-refractivity contribution < 1.29 is 0 Å². The third kappa shape index (κ3) is 2.28. The third-order valence-electron chi connectivity index (χ3n) is 1.89. The minimum Gasteiger partial charge on any atom is -0.227 e. The molecule has 0 fully saturated rings. The first-order chi connectivity index (χ1) is 7.31. The second kappa shape index (κ2) is 4.61. The highest BCUT2D eigenvalue weighted by Gasteiger charge is 2.04. The number of para-hydroxylation sites is 1. The quantitative estimate of drug-likeness (QED) is 0.840. The second-order valence-corrected chi connectivity index (χ2v) is 3.59. The zero-order valence-corrected chi connectivity index (χ0v) is 9.20. The molecule has 15 heavy (non-hydrogen) atoms. The number of nitrogens with zero attached hydrogens (tertiary/aromatic N) is 3. The Hall–Kier alpha value is -1.10. The van der Waals surface area contributed by atoms with Crippen LogP contribution in [0.15, 0.2) is 30.5 Å². The van der Waals surface area contributed by atoms with Crippen LogP contribution in [0.2, 0.25) is 5.02 Å². The van der Waals surface area contributed by atoms with E-state index >= 15 is 0 Å². The number of hydrogen-bond donors (Lipinski definition) is 1. The monoisotopic (exact) mass is 242 g/mol. The third-order valence-corrected chi connectivity index (χ3v) is 2.34. The van der Waals surface area contributed by atoms with Crippen molar-refractivity contribution in [1.82, 2.24) is 19.8 Å². The van der Waals surface area contributed by atoms with Crippen LogP contribution in [0.1, 0.15) is 5.69 Å². The summed E-state index contributed by atoms with van der Waals surface area (Å²) in [6, 6.07) is 7.43. The molecule has 0 unspecified atom stereocenters. The lowest BCUT2D eigenvalue weighted by Gasteiger charge is -2.01. The first-order valence-electron chi connectivity index (χ1n) is 4.31. The van der Waals surface area contributed by atoms with E-state index < -0.39 is 0 Å². The smallest absolute Gasteiger partial charge is 0.0982 e. The van der Waals surface area contributed by atoms with Crippen molar-refractivity contribution in [1.29, 1.82) is 0 Å². The van der Waals surface area contributed by atoms with E-state index in [2.05, 4.69) is 15.1 Å². The molecule has 1 aromatic carbocycles. The van der Waals surface area contributed by atoms with E-state index in [4.69, 9.17) is 23.4 Å². The van der Waals surface area contributed by atoms with Gasteiger partial charge in [0.2, 0.25) is 0 Å². The SMILES string of the molecule is ClNCc1cn(-c2ccccc2Cl)nn1. The molecule has 0 spiro atoms. The van der Waals surface area contributed by atoms with Gasteiger partial charge in [0.1, 0.15) is 0 Å². The molecule has 78 valence electrons. The summed E-state index contributed by atoms with van der Waals surface area (Å²) >= 11 is 11.4. The van der Waals surface area contributed by atoms with Crippen LogP contribution in [0.3, 0.4) is 0 Å². The summed E-state index contributed by atoms with van der Waals surface area (Å²) in [5.41, 5.74) is 1.55. The molecule has 0 amide bonds. The van der Waals surface area contributed by atoms with Crippen LogP contribution < -0.4 is 4.84 Å². The van der Waals surface area contributed by atoms with Crippen molar-refractivity contribution in [3.63, 3.8) is 0 Å². The molecule has 0 saturated heterocycles. The molecule has 0 aliphatic carbocycles. The van der Waals surface area contributed by atoms with E-state index in [9.17, 15) is 0 Å². The molecule has 0 saturated carbocycles. The topological polar surface area (TPSA) is 42.7 Å². The van der Waals surface area contributed by atoms with E-state index in [1.165, 1.54) is 0 Å². The zero-order valence-electron chi connectivity index (χ0n) is 7.69. The van der Waals surface area contributed by atoms with Crippen LogP contribution in [0.4, 0.5) is 0 Å². The molecule has 1 heterocycles. The minimum absolute atomic E-state index is 0.464. The number of benzene rings is 1. The molecule has 1 N–H and O–H groups in total. The van der Waals surface area contributed by atoms with Gasteiger partial charge in [0.05, 0.1) is 29.1 Å². The average Bonchev–Trinajstić information content (AvgIpc) is 2.68. The number of aromatic nitrogens is 3. The molecule has 2 rings (SSSR count). The number of rotatable bonds is 3. The molecular formula is C9H8Cl2N4. The summed E-state index contributed by atoms with van der Waals surface area (Å²) in [5, 5.41) is 8.51. The number of halogens is 2. The normalized spacial score (nSPS) is 10.5. The van der Waals surface area contributed by atoms with Gasteiger partial charge < -0.3 is 0 Å². The van der Waals surface area contributed by atoms with Gasteiger partial charge >= 0.3 is 0 Å². The van der Waals surface area contributed by atoms with Crippen LogP contribution in [-0.2, 0) is 6.54 Å². The van der Waals surface area contributed by atoms with Crippen molar-refractivity contribution in [2.75, 3.05) is 0 Å². The second-order valence-electron chi connectivity index (χ2n) is 2.92. The summed E-state index contributed by atoms with van der Waals surface area (Å²) in [5.74, 6) is 0. The number of nitrogens with one attached hydrogen (secondary N) is 1. The predicted molar refractivity (Wildman–Crippen MR) is 59.1 cm³/mol. The van der Waals surface area contributed by atoms with Gasteiger partial charge in [0.15, 0.2) is 0 Å². The van der Waals surface area contributed by atoms with Gasteiger partial charge in [-0.25, -0.2) is 9.52 Å². The minimum atomic E-state index is 0.464. The van der Waals surface area contributed by atoms with E-state index in [-0.39, 0.29) is 0 Å². The molecule has 6 heteroatoms. The van der Waals surface area contributed by atoms with Gasteiger partial charge in [-0.05, 0) is 23.9 Å². The lowest BCUT2D eigenvalue weighted by Crippen LogP contribution is -1.98. The van der Waals surface area contributed by atoms with Crippen LogP contribution in [-0.4, -0.2) is 15.0 Å². The Kier molecular flexibility index (Phi) is 3.20. The molecule has 0 atom stereocenters. The zero-order chi connectivity index (χ0) is 10.7. The number of hydrogen-bond acceptors (Lipinski definition) is 3. The molecule has 0 aliphatic rings. The van der Waals surface area contributed by atoms with E-state index in [1.807, 2.05) is 18.2 Å². The Labute approximate surface area is 96.9 Å². The highest BCUT2D eigenvalue weighted by Crippen LogP contribution is 2.18. The van der Waals surface area contributed by atoms with Crippen molar-refractivity contribution in [3.8, 4) is 5.69 Å². The Morgan fingerprint density at radius 1 is 1.33 bits per heavy atom. The van der Waals surface area contributed by atoms with Gasteiger partial charge in [-0.15, -0.1) is 5.10 Å². The Bertz CT molecular complexity index is 455. The molecule has 0 aliphatic heterocycles. The Morgan fingerprint density at radius 3 is 2.87 bits per heavy atom. The highest BCUT2D eigenvalue weighted by atomic mass is 35.5. The van der Waals surface area contributed by atoms with Crippen LogP contribution in [0.25, 0.3) is 5.69 Å². The Balaban J connectivity index is 2.33. The fourth-order valence-corrected chi connectivity index (χ4v) is 1.56. The molecule has 0 radical (unpaired) electrons. The molecule has 2 aromatic rings. The largest absolute Gasteiger partial charge is 0.227 e. The summed E-state index contributed by atoms with van der Waals surface area (Å²) in [6.45, 7) is 0.464. The van der Waals surface area contributed by atoms with Gasteiger partial charge in [0, 0.05) is 0 Å². The standard InChI is InChI=1S/C9H8Cl2N4/c10-8-3-1-2-4-9(8)15-6-7(5-12-11)13-14-15/h1-4,6,12H,5H2. The van der Waals surface area contributed by atoms with E-state index in [0.717, 1.165) is 11.4 Å². The van der Waals surface area contributed by atoms with Crippen molar-refractivity contribution in [3.05, 3.63) is 41.2 Å². The van der Waals surface area contributed by atoms with Crippen LogP contribution >= 0.6 is 23.4 Å². The fourth-order valence-electron chi connectivity index (χ4n) is 1.20. The fraction of sp³-hybridized carbons (Fsp3) is 0.111. The predicted octanol–water partition coefficient (Wildman–Crippen LogP) is 2.16. The van der Waals surface area contributed by atoms with Gasteiger partial charge in [-0.3, -0.25) is 0 Å². The van der Waals surface area contributed by atoms with Gasteiger partial charge in [0.25, 0.3) is 0 Å². The van der Waals surface area contributed by atoms with Crippen LogP contribution in [0, 0.1) is 0 Å². The van der Waals surface area contributed by atoms with E-state index in [1.54, 1.807) is 16.9 Å². The maximum absolute atomic E-state index is 6.01. The average molecular weight is 243 g/mol. The molecule has 4 nitrogen and oxygen atoms in total. The van der Waals surface area contributed by atoms with Crippen molar-refractivity contribution in [2.24, 2.45) is 0 Å². The van der Waals surface area contributed by atoms with Crippen molar-refractivity contribution >= 4 is 23.4 Å². The van der Waals surface area contributed by atoms with Gasteiger partial charge in [-0.2, -0.15) is 0 Å². The molecule has 1 aromatic heterocycles. The highest BCUT2D eigenvalue weighted by molar-refractivity contribution is 6.32. The summed E-state index contributed by atoms with van der Waals surface area (Å²) in [7, 11) is 0. The summed E-state index contributed by atoms with van der Waals surface area (Å²) in [6.07, 6.45) is 1.77. The maximum Gasteiger partial charge on any atom is 0.0982 e. The first-order valence-corrected chi connectivity index (χ1v) is 5.06. The van der Waals surface area contributed by atoms with Crippen LogP contribution in [0.5, 0.6) is 0 Å². The lowest BCUT2D eigenvalue weighted by atomic mass is 10.3. The summed E-state index contributed by atoms with van der Waals surface area (Å²) in [4.78, 5) is 2.49. The summed E-state index contributed by atoms with van der Waals surface area (Å²) < 4.78 is 1.62. The first kappa shape index (κ1) is 10.4. The Morgan fingerprint density at radius 2 is 2.13 bits per heavy atom. The molecular weight excluding hydrogens is 235 g/mol. The lowest BCUT2D eigenvalue weighted by molar-refractivity contribution is 0.793. The maximum atomic E-state index is 6.01. The molecule has 0 bridgehead atoms. The van der Waals surface area contributed by atoms with E-state index in [0.29, 0.717) is 11.6 Å². The van der Waals surface area contributed by atoms with Crippen molar-refractivity contribution in [2.45, 2.75) is 6.54 Å². The van der Waals surface area contributed by atoms with Gasteiger partial charge in [-0.1, -0.05) is 28.9 Å².